The van der Waals surface area contributed by atoms with Crippen LogP contribution in [0.1, 0.15) is 21.6 Å². The van der Waals surface area contributed by atoms with Crippen molar-refractivity contribution in [1.29, 1.82) is 0 Å². The molecule has 1 amide bonds. The maximum absolute atomic E-state index is 13.6. The predicted octanol–water partition coefficient (Wildman–Crippen LogP) is 4.85. The first kappa shape index (κ1) is 22.4. The number of amides is 1. The average molecular weight is 494 g/mol. The van der Waals surface area contributed by atoms with Gasteiger partial charge in [-0.15, -0.1) is 0 Å². The van der Waals surface area contributed by atoms with Crippen molar-refractivity contribution in [3.8, 4) is 17.0 Å². The molecule has 1 aliphatic heterocycles. The number of nitrogens with one attached hydrogen (secondary N) is 2. The van der Waals surface area contributed by atoms with Crippen LogP contribution in [0.25, 0.3) is 34.4 Å². The highest BCUT2D eigenvalue weighted by Gasteiger charge is 2.24. The molecule has 1 fully saturated rings. The SMILES string of the molecule is O=C(c1cc(-c2ccc(O)cc2)nc2[nH]nc(/C=C/c3ccc(Cl)c(Cl)c3)c12)N1CCNCC1. The molecule has 5 rings (SSSR count). The van der Waals surface area contributed by atoms with E-state index >= 15 is 0 Å². The molecule has 34 heavy (non-hydrogen) atoms. The number of aromatic amines is 1. The Morgan fingerprint density at radius 1 is 1.00 bits per heavy atom. The number of aromatic nitrogens is 3. The van der Waals surface area contributed by atoms with E-state index in [2.05, 4.69) is 15.5 Å². The predicted molar refractivity (Wildman–Crippen MR) is 135 cm³/mol. The van der Waals surface area contributed by atoms with Crippen molar-refractivity contribution >= 4 is 52.3 Å². The minimum absolute atomic E-state index is 0.0699. The second-order valence-electron chi connectivity index (χ2n) is 7.98. The summed E-state index contributed by atoms with van der Waals surface area (Å²) in [5, 5.41) is 21.9. The van der Waals surface area contributed by atoms with E-state index in [1.54, 1.807) is 42.5 Å². The summed E-state index contributed by atoms with van der Waals surface area (Å²) >= 11 is 12.2. The number of rotatable bonds is 4. The van der Waals surface area contributed by atoms with Crippen LogP contribution in [0.2, 0.25) is 10.0 Å². The van der Waals surface area contributed by atoms with Crippen LogP contribution in [0.3, 0.4) is 0 Å². The van der Waals surface area contributed by atoms with Crippen molar-refractivity contribution < 1.29 is 9.90 Å². The van der Waals surface area contributed by atoms with Crippen LogP contribution >= 0.6 is 23.2 Å². The summed E-state index contributed by atoms with van der Waals surface area (Å²) in [6.45, 7) is 2.76. The fourth-order valence-electron chi connectivity index (χ4n) is 3.95. The zero-order chi connectivity index (χ0) is 23.7. The van der Waals surface area contributed by atoms with Crippen LogP contribution in [-0.4, -0.2) is 57.3 Å². The summed E-state index contributed by atoms with van der Waals surface area (Å²) in [4.78, 5) is 20.1. The Bertz CT molecular complexity index is 1390. The van der Waals surface area contributed by atoms with Gasteiger partial charge in [0.2, 0.25) is 0 Å². The molecule has 0 saturated carbocycles. The third-order valence-electron chi connectivity index (χ3n) is 5.73. The van der Waals surface area contributed by atoms with Gasteiger partial charge in [-0.1, -0.05) is 35.3 Å². The number of carbonyl (C=O) groups excluding carboxylic acids is 1. The first-order chi connectivity index (χ1) is 16.5. The second-order valence-corrected chi connectivity index (χ2v) is 8.80. The smallest absolute Gasteiger partial charge is 0.254 e. The molecule has 7 nitrogen and oxygen atoms in total. The molecular weight excluding hydrogens is 473 g/mol. The van der Waals surface area contributed by atoms with E-state index in [4.69, 9.17) is 28.2 Å². The third-order valence-corrected chi connectivity index (χ3v) is 6.47. The van der Waals surface area contributed by atoms with Crippen molar-refractivity contribution in [1.82, 2.24) is 25.4 Å². The van der Waals surface area contributed by atoms with E-state index < -0.39 is 0 Å². The van der Waals surface area contributed by atoms with Gasteiger partial charge in [-0.2, -0.15) is 5.10 Å². The summed E-state index contributed by atoms with van der Waals surface area (Å²) in [7, 11) is 0. The lowest BCUT2D eigenvalue weighted by Gasteiger charge is -2.27. The summed E-state index contributed by atoms with van der Waals surface area (Å²) in [5.74, 6) is 0.0951. The maximum Gasteiger partial charge on any atom is 0.254 e. The van der Waals surface area contributed by atoms with Crippen LogP contribution in [0.5, 0.6) is 5.75 Å². The number of nitrogens with zero attached hydrogens (tertiary/aromatic N) is 3. The fraction of sp³-hybridized carbons (Fsp3) is 0.160. The van der Waals surface area contributed by atoms with Gasteiger partial charge < -0.3 is 15.3 Å². The summed E-state index contributed by atoms with van der Waals surface area (Å²) < 4.78 is 0. The third kappa shape index (κ3) is 4.50. The summed E-state index contributed by atoms with van der Waals surface area (Å²) in [6, 6.07) is 13.9. The zero-order valence-corrected chi connectivity index (χ0v) is 19.6. The Balaban J connectivity index is 1.61. The molecule has 0 bridgehead atoms. The largest absolute Gasteiger partial charge is 0.508 e. The maximum atomic E-state index is 13.6. The minimum Gasteiger partial charge on any atom is -0.508 e. The highest BCUT2D eigenvalue weighted by atomic mass is 35.5. The number of carbonyl (C=O) groups is 1. The van der Waals surface area contributed by atoms with Crippen LogP contribution < -0.4 is 5.32 Å². The molecule has 0 spiro atoms. The van der Waals surface area contributed by atoms with Gasteiger partial charge in [0.05, 0.1) is 32.4 Å². The van der Waals surface area contributed by atoms with Crippen molar-refractivity contribution in [2.45, 2.75) is 0 Å². The van der Waals surface area contributed by atoms with Gasteiger partial charge in [-0.3, -0.25) is 9.89 Å². The van der Waals surface area contributed by atoms with E-state index in [1.807, 2.05) is 23.1 Å². The number of hydrogen-bond acceptors (Lipinski definition) is 5. The quantitative estimate of drug-likeness (QED) is 0.377. The molecule has 9 heteroatoms. The topological polar surface area (TPSA) is 94.1 Å². The highest BCUT2D eigenvalue weighted by molar-refractivity contribution is 6.42. The van der Waals surface area contributed by atoms with Crippen molar-refractivity contribution in [3.05, 3.63) is 75.4 Å². The van der Waals surface area contributed by atoms with E-state index in [1.165, 1.54) is 0 Å². The number of phenols is 1. The lowest BCUT2D eigenvalue weighted by Crippen LogP contribution is -2.46. The first-order valence-corrected chi connectivity index (χ1v) is 11.6. The van der Waals surface area contributed by atoms with Crippen LogP contribution in [-0.2, 0) is 0 Å². The number of pyridine rings is 1. The minimum atomic E-state index is -0.0699. The second kappa shape index (κ2) is 9.46. The van der Waals surface area contributed by atoms with Gasteiger partial charge in [0, 0.05) is 31.7 Å². The lowest BCUT2D eigenvalue weighted by atomic mass is 10.0. The van der Waals surface area contributed by atoms with E-state index in [-0.39, 0.29) is 11.7 Å². The molecule has 0 aliphatic carbocycles. The summed E-state index contributed by atoms with van der Waals surface area (Å²) in [5.41, 5.74) is 3.90. The van der Waals surface area contributed by atoms with Gasteiger partial charge in [0.1, 0.15) is 5.75 Å². The number of halogens is 2. The van der Waals surface area contributed by atoms with Crippen LogP contribution in [0.15, 0.2) is 48.5 Å². The Morgan fingerprint density at radius 3 is 2.50 bits per heavy atom. The number of aromatic hydroxyl groups is 1. The fourth-order valence-corrected chi connectivity index (χ4v) is 4.26. The number of phenolic OH excluding ortho intramolecular Hbond substituents is 1. The molecule has 1 aliphatic rings. The molecule has 1 saturated heterocycles. The Morgan fingerprint density at radius 2 is 1.76 bits per heavy atom. The number of benzene rings is 2. The Hall–Kier alpha value is -3.39. The van der Waals surface area contributed by atoms with E-state index in [0.29, 0.717) is 51.1 Å². The van der Waals surface area contributed by atoms with Gasteiger partial charge in [0.15, 0.2) is 5.65 Å². The lowest BCUT2D eigenvalue weighted by molar-refractivity contribution is 0.0737. The molecule has 2 aromatic carbocycles. The first-order valence-electron chi connectivity index (χ1n) is 10.8. The molecule has 172 valence electrons. The average Bonchev–Trinajstić information content (AvgIpc) is 3.28. The standard InChI is InChI=1S/C25H21Cl2N5O2/c26-19-7-1-15(13-20(19)27)2-8-21-23-18(25(34)32-11-9-28-10-12-32)14-22(29-24(23)31-30-21)16-3-5-17(33)6-4-16/h1-8,13-14,28,33H,9-12H2,(H,29,30,31)/b8-2+. The van der Waals surface area contributed by atoms with Gasteiger partial charge in [-0.25, -0.2) is 4.98 Å². The van der Waals surface area contributed by atoms with E-state index in [9.17, 15) is 9.90 Å². The molecule has 4 aromatic rings. The monoisotopic (exact) mass is 493 g/mol. The number of H-pyrrole nitrogens is 1. The van der Waals surface area contributed by atoms with Gasteiger partial charge >= 0.3 is 0 Å². The highest BCUT2D eigenvalue weighted by Crippen LogP contribution is 2.29. The van der Waals surface area contributed by atoms with Crippen molar-refractivity contribution in [2.24, 2.45) is 0 Å². The zero-order valence-electron chi connectivity index (χ0n) is 18.1. The molecule has 0 unspecified atom stereocenters. The number of fused-ring (bicyclic) bond motifs is 1. The Kier molecular flexibility index (Phi) is 6.24. The summed E-state index contributed by atoms with van der Waals surface area (Å²) in [6.07, 6.45) is 3.69. The van der Waals surface area contributed by atoms with E-state index in [0.717, 1.165) is 24.2 Å². The van der Waals surface area contributed by atoms with Crippen LogP contribution in [0.4, 0.5) is 0 Å². The molecule has 0 atom stereocenters. The van der Waals surface area contributed by atoms with Gasteiger partial charge in [0.25, 0.3) is 5.91 Å². The number of hydrogen-bond donors (Lipinski definition) is 3. The molecular formula is C25H21Cl2N5O2. The van der Waals surface area contributed by atoms with Gasteiger partial charge in [-0.05, 0) is 54.1 Å². The van der Waals surface area contributed by atoms with Crippen molar-refractivity contribution in [2.75, 3.05) is 26.2 Å². The molecule has 3 heterocycles. The normalized spacial score (nSPS) is 14.2. The molecule has 0 radical (unpaired) electrons. The number of piperazine rings is 1. The Labute approximate surface area is 206 Å². The molecule has 3 N–H and O–H groups in total. The van der Waals surface area contributed by atoms with Crippen LogP contribution in [0, 0.1) is 0 Å². The molecule has 2 aromatic heterocycles. The van der Waals surface area contributed by atoms with Crippen molar-refractivity contribution in [3.63, 3.8) is 0 Å².